The highest BCUT2D eigenvalue weighted by molar-refractivity contribution is 5.76. The maximum atomic E-state index is 12.7. The lowest BCUT2D eigenvalue weighted by Gasteiger charge is -2.25. The zero-order valence-corrected chi connectivity index (χ0v) is 16.8. The number of phenolic OH excluding ortho intramolecular Hbond substituents is 1. The first kappa shape index (κ1) is 20.3. The van der Waals surface area contributed by atoms with Gasteiger partial charge in [-0.3, -0.25) is 9.78 Å². The van der Waals surface area contributed by atoms with E-state index in [1.807, 2.05) is 50.8 Å². The number of likely N-dealkylation sites (N-methyl/N-ethyl adjacent to an activating group) is 1. The Bertz CT molecular complexity index is 742. The molecule has 5 heteroatoms. The molecule has 0 saturated heterocycles. The van der Waals surface area contributed by atoms with Gasteiger partial charge in [-0.25, -0.2) is 0 Å². The van der Waals surface area contributed by atoms with Crippen molar-refractivity contribution in [3.8, 4) is 5.75 Å². The molecule has 0 bridgehead atoms. The second kappa shape index (κ2) is 9.69. The van der Waals surface area contributed by atoms with Crippen molar-refractivity contribution in [2.45, 2.75) is 44.1 Å². The molecule has 2 aromatic rings. The minimum absolute atomic E-state index is 0.111. The highest BCUT2D eigenvalue weighted by atomic mass is 16.3. The van der Waals surface area contributed by atoms with Crippen molar-refractivity contribution < 1.29 is 9.90 Å². The molecule has 150 valence electrons. The number of carbonyl (C=O) groups is 1. The van der Waals surface area contributed by atoms with E-state index in [1.54, 1.807) is 12.1 Å². The van der Waals surface area contributed by atoms with Gasteiger partial charge in [-0.2, -0.15) is 0 Å². The molecule has 1 fully saturated rings. The van der Waals surface area contributed by atoms with Gasteiger partial charge < -0.3 is 15.3 Å². The normalized spacial score (nSPS) is 16.0. The van der Waals surface area contributed by atoms with Crippen molar-refractivity contribution in [2.75, 3.05) is 20.6 Å². The Hall–Kier alpha value is -2.40. The van der Waals surface area contributed by atoms with Gasteiger partial charge in [-0.15, -0.1) is 0 Å². The summed E-state index contributed by atoms with van der Waals surface area (Å²) in [5, 5.41) is 12.6. The van der Waals surface area contributed by atoms with E-state index < -0.39 is 0 Å². The average molecular weight is 382 g/mol. The lowest BCUT2D eigenvalue weighted by Crippen LogP contribution is -2.41. The maximum Gasteiger partial charge on any atom is 0.220 e. The Morgan fingerprint density at radius 1 is 1.18 bits per heavy atom. The zero-order chi connectivity index (χ0) is 19.9. The average Bonchev–Trinajstić information content (AvgIpc) is 3.50. The topological polar surface area (TPSA) is 65.5 Å². The largest absolute Gasteiger partial charge is 0.508 e. The summed E-state index contributed by atoms with van der Waals surface area (Å²) in [6.07, 6.45) is 8.64. The third kappa shape index (κ3) is 6.34. The summed E-state index contributed by atoms with van der Waals surface area (Å²) in [7, 11) is 4.06. The number of aromatic hydroxyl groups is 1. The molecule has 1 heterocycles. The molecule has 0 aliphatic heterocycles. The molecule has 0 unspecified atom stereocenters. The molecule has 2 N–H and O–H groups in total. The van der Waals surface area contributed by atoms with E-state index in [-0.39, 0.29) is 23.6 Å². The van der Waals surface area contributed by atoms with E-state index in [0.29, 0.717) is 13.0 Å². The lowest BCUT2D eigenvalue weighted by atomic mass is 9.91. The number of pyridine rings is 1. The Morgan fingerprint density at radius 3 is 2.46 bits per heavy atom. The van der Waals surface area contributed by atoms with Gasteiger partial charge in [0.25, 0.3) is 0 Å². The number of nitrogens with one attached hydrogen (secondary N) is 1. The van der Waals surface area contributed by atoms with E-state index >= 15 is 0 Å². The predicted molar refractivity (Wildman–Crippen MR) is 111 cm³/mol. The second-order valence-corrected chi connectivity index (χ2v) is 8.15. The van der Waals surface area contributed by atoms with Gasteiger partial charge in [0, 0.05) is 31.4 Å². The van der Waals surface area contributed by atoms with Gasteiger partial charge in [0.05, 0.1) is 0 Å². The van der Waals surface area contributed by atoms with Gasteiger partial charge in [-0.05, 0) is 74.2 Å². The monoisotopic (exact) mass is 381 g/mol. The van der Waals surface area contributed by atoms with Crippen LogP contribution in [0.25, 0.3) is 0 Å². The van der Waals surface area contributed by atoms with Crippen LogP contribution < -0.4 is 5.32 Å². The summed E-state index contributed by atoms with van der Waals surface area (Å²) in [4.78, 5) is 18.9. The minimum atomic E-state index is 0.111. The van der Waals surface area contributed by atoms with Crippen LogP contribution in [0.5, 0.6) is 5.75 Å². The van der Waals surface area contributed by atoms with Gasteiger partial charge in [0.15, 0.2) is 0 Å². The highest BCUT2D eigenvalue weighted by Gasteiger charge is 2.27. The standard InChI is InChI=1S/C23H31N3O2/c1-26(2)21(14-18-5-7-22(27)8-6-18)16-25-23(28)15-20(13-17-3-4-17)19-9-11-24-12-10-19/h5-12,17,20-21,27H,3-4,13-16H2,1-2H3,(H,25,28)/t20-,21-/m0/s1. The molecule has 28 heavy (non-hydrogen) atoms. The summed E-state index contributed by atoms with van der Waals surface area (Å²) >= 11 is 0. The molecule has 5 nitrogen and oxygen atoms in total. The van der Waals surface area contributed by atoms with Crippen molar-refractivity contribution in [3.63, 3.8) is 0 Å². The van der Waals surface area contributed by atoms with E-state index in [1.165, 1.54) is 18.4 Å². The maximum absolute atomic E-state index is 12.7. The molecule has 2 atom stereocenters. The molecule has 1 aliphatic rings. The second-order valence-electron chi connectivity index (χ2n) is 8.15. The summed E-state index contributed by atoms with van der Waals surface area (Å²) in [6.45, 7) is 0.610. The first-order valence-electron chi connectivity index (χ1n) is 10.1. The van der Waals surface area contributed by atoms with Crippen LogP contribution in [0, 0.1) is 5.92 Å². The van der Waals surface area contributed by atoms with Crippen LogP contribution in [0.2, 0.25) is 0 Å². The number of benzene rings is 1. The number of aromatic nitrogens is 1. The predicted octanol–water partition coefficient (Wildman–Crippen LogP) is 3.35. The molecular weight excluding hydrogens is 350 g/mol. The number of carbonyl (C=O) groups excluding carboxylic acids is 1. The van der Waals surface area contributed by atoms with Crippen LogP contribution in [0.3, 0.4) is 0 Å². The van der Waals surface area contributed by atoms with Crippen molar-refractivity contribution in [3.05, 3.63) is 59.9 Å². The fourth-order valence-corrected chi connectivity index (χ4v) is 3.60. The van der Waals surface area contributed by atoms with E-state index in [4.69, 9.17) is 0 Å². The molecule has 1 amide bonds. The molecule has 1 saturated carbocycles. The summed E-state index contributed by atoms with van der Waals surface area (Å²) < 4.78 is 0. The van der Waals surface area contributed by atoms with E-state index in [0.717, 1.165) is 24.3 Å². The van der Waals surface area contributed by atoms with Crippen LogP contribution in [0.1, 0.15) is 42.7 Å². The molecule has 1 aliphatic carbocycles. The number of nitrogens with zero attached hydrogens (tertiary/aromatic N) is 2. The number of hydrogen-bond acceptors (Lipinski definition) is 4. The Kier molecular flexibility index (Phi) is 7.04. The molecule has 1 aromatic carbocycles. The molecular formula is C23H31N3O2. The first-order valence-corrected chi connectivity index (χ1v) is 10.1. The van der Waals surface area contributed by atoms with Gasteiger partial charge in [0.2, 0.25) is 5.91 Å². The summed E-state index contributed by atoms with van der Waals surface area (Å²) in [5.41, 5.74) is 2.36. The number of amides is 1. The van der Waals surface area contributed by atoms with Crippen molar-refractivity contribution in [2.24, 2.45) is 5.92 Å². The van der Waals surface area contributed by atoms with E-state index in [9.17, 15) is 9.90 Å². The number of hydrogen-bond donors (Lipinski definition) is 2. The van der Waals surface area contributed by atoms with Gasteiger partial charge in [-0.1, -0.05) is 25.0 Å². The SMILES string of the molecule is CN(C)[C@H](CNC(=O)C[C@H](CC1CC1)c1ccncc1)Cc1ccc(O)cc1. The number of rotatable bonds is 10. The minimum Gasteiger partial charge on any atom is -0.508 e. The highest BCUT2D eigenvalue weighted by Crippen LogP contribution is 2.39. The Balaban J connectivity index is 1.54. The third-order valence-electron chi connectivity index (χ3n) is 5.60. The van der Waals surface area contributed by atoms with Crippen LogP contribution in [0.4, 0.5) is 0 Å². The van der Waals surface area contributed by atoms with Crippen LogP contribution in [-0.4, -0.2) is 47.6 Å². The molecule has 3 rings (SSSR count). The zero-order valence-electron chi connectivity index (χ0n) is 16.8. The Labute approximate surface area is 167 Å². The first-order chi connectivity index (χ1) is 13.5. The summed E-state index contributed by atoms with van der Waals surface area (Å²) in [5.74, 6) is 1.43. The third-order valence-corrected chi connectivity index (χ3v) is 5.60. The van der Waals surface area contributed by atoms with E-state index in [2.05, 4.69) is 15.2 Å². The smallest absolute Gasteiger partial charge is 0.220 e. The van der Waals surface area contributed by atoms with Crippen LogP contribution in [0.15, 0.2) is 48.8 Å². The van der Waals surface area contributed by atoms with Crippen LogP contribution >= 0.6 is 0 Å². The summed E-state index contributed by atoms with van der Waals surface area (Å²) in [6, 6.07) is 11.6. The molecule has 0 spiro atoms. The quantitative estimate of drug-likeness (QED) is 0.662. The molecule has 0 radical (unpaired) electrons. The lowest BCUT2D eigenvalue weighted by molar-refractivity contribution is -0.121. The molecule has 1 aromatic heterocycles. The fraction of sp³-hybridized carbons (Fsp3) is 0.478. The number of phenols is 1. The van der Waals surface area contributed by atoms with Gasteiger partial charge in [0.1, 0.15) is 5.75 Å². The fourth-order valence-electron chi connectivity index (χ4n) is 3.60. The Morgan fingerprint density at radius 2 is 1.86 bits per heavy atom. The van der Waals surface area contributed by atoms with Crippen molar-refractivity contribution >= 4 is 5.91 Å². The van der Waals surface area contributed by atoms with Gasteiger partial charge >= 0.3 is 0 Å². The van der Waals surface area contributed by atoms with Crippen molar-refractivity contribution in [1.29, 1.82) is 0 Å². The van der Waals surface area contributed by atoms with Crippen molar-refractivity contribution in [1.82, 2.24) is 15.2 Å². The van der Waals surface area contributed by atoms with Crippen LogP contribution in [-0.2, 0) is 11.2 Å².